The number of hydrogen-bond donors (Lipinski definition) is 0. The van der Waals surface area contributed by atoms with E-state index in [0.717, 1.165) is 25.9 Å². The Morgan fingerprint density at radius 2 is 1.26 bits per heavy atom. The zero-order chi connectivity index (χ0) is 17.5. The number of hydrogen-bond acceptors (Lipinski definition) is 4. The van der Waals surface area contributed by atoms with Crippen LogP contribution in [0, 0.1) is 0 Å². The van der Waals surface area contributed by atoms with Crippen LogP contribution in [0.3, 0.4) is 0 Å². The number of sulfonamides is 1. The summed E-state index contributed by atoms with van der Waals surface area (Å²) in [7, 11) is 4.48. The standard InChI is InChI=1S/C16H28ClN3O2S/c1-18(2)11-5-13-20(14-6-12-19(3)4)23(21,22)16-9-7-15(17)8-10-16/h7-10H,5-6,11-14H2,1-4H3. The van der Waals surface area contributed by atoms with Crippen LogP contribution in [0.4, 0.5) is 0 Å². The van der Waals surface area contributed by atoms with Gasteiger partial charge in [0.2, 0.25) is 10.0 Å². The third-order valence-corrected chi connectivity index (χ3v) is 5.64. The fourth-order valence-electron chi connectivity index (χ4n) is 2.23. The number of nitrogens with zero attached hydrogens (tertiary/aromatic N) is 3. The van der Waals surface area contributed by atoms with E-state index >= 15 is 0 Å². The van der Waals surface area contributed by atoms with Gasteiger partial charge in [-0.05, 0) is 78.4 Å². The molecule has 132 valence electrons. The molecule has 0 aliphatic heterocycles. The van der Waals surface area contributed by atoms with Crippen LogP contribution in [0.2, 0.25) is 5.02 Å². The van der Waals surface area contributed by atoms with Crippen LogP contribution in [-0.2, 0) is 10.0 Å². The van der Waals surface area contributed by atoms with Crippen LogP contribution in [0.15, 0.2) is 29.2 Å². The van der Waals surface area contributed by atoms with Crippen molar-refractivity contribution in [3.8, 4) is 0 Å². The first-order valence-electron chi connectivity index (χ1n) is 7.78. The van der Waals surface area contributed by atoms with Crippen molar-refractivity contribution in [3.05, 3.63) is 29.3 Å². The maximum Gasteiger partial charge on any atom is 0.243 e. The van der Waals surface area contributed by atoms with E-state index in [-0.39, 0.29) is 0 Å². The van der Waals surface area contributed by atoms with Gasteiger partial charge < -0.3 is 9.80 Å². The summed E-state index contributed by atoms with van der Waals surface area (Å²) >= 11 is 5.86. The highest BCUT2D eigenvalue weighted by Gasteiger charge is 2.23. The van der Waals surface area contributed by atoms with Crippen LogP contribution in [0.1, 0.15) is 12.8 Å². The normalized spacial score (nSPS) is 12.5. The Hall–Kier alpha value is -0.660. The van der Waals surface area contributed by atoms with Gasteiger partial charge in [0, 0.05) is 18.1 Å². The highest BCUT2D eigenvalue weighted by molar-refractivity contribution is 7.89. The lowest BCUT2D eigenvalue weighted by molar-refractivity contribution is 0.326. The SMILES string of the molecule is CN(C)CCCN(CCCN(C)C)S(=O)(=O)c1ccc(Cl)cc1. The molecule has 0 bridgehead atoms. The van der Waals surface area contributed by atoms with E-state index in [1.54, 1.807) is 28.6 Å². The molecule has 0 atom stereocenters. The first-order chi connectivity index (χ1) is 10.7. The molecule has 0 radical (unpaired) electrons. The molecule has 0 saturated heterocycles. The zero-order valence-corrected chi connectivity index (χ0v) is 16.1. The Labute approximate surface area is 145 Å². The summed E-state index contributed by atoms with van der Waals surface area (Å²) in [6.07, 6.45) is 1.61. The molecule has 1 rings (SSSR count). The van der Waals surface area contributed by atoms with Crippen molar-refractivity contribution in [2.24, 2.45) is 0 Å². The molecule has 0 spiro atoms. The Morgan fingerprint density at radius 1 is 0.826 bits per heavy atom. The van der Waals surface area contributed by atoms with Crippen molar-refractivity contribution in [1.29, 1.82) is 0 Å². The second-order valence-electron chi connectivity index (χ2n) is 6.17. The van der Waals surface area contributed by atoms with Gasteiger partial charge in [-0.3, -0.25) is 0 Å². The summed E-state index contributed by atoms with van der Waals surface area (Å²) in [5.41, 5.74) is 0. The van der Waals surface area contributed by atoms with Gasteiger partial charge in [0.25, 0.3) is 0 Å². The molecular weight excluding hydrogens is 334 g/mol. The molecule has 0 aliphatic carbocycles. The minimum Gasteiger partial charge on any atom is -0.309 e. The second kappa shape index (κ2) is 9.59. The Bertz CT molecular complexity index is 545. The van der Waals surface area contributed by atoms with Gasteiger partial charge in [0.15, 0.2) is 0 Å². The van der Waals surface area contributed by atoms with E-state index in [1.807, 2.05) is 28.2 Å². The summed E-state index contributed by atoms with van der Waals surface area (Å²) in [5, 5.41) is 0.538. The van der Waals surface area contributed by atoms with E-state index < -0.39 is 10.0 Å². The minimum atomic E-state index is -3.48. The van der Waals surface area contributed by atoms with E-state index in [4.69, 9.17) is 11.6 Å². The number of rotatable bonds is 10. The van der Waals surface area contributed by atoms with Crippen LogP contribution < -0.4 is 0 Å². The largest absolute Gasteiger partial charge is 0.309 e. The van der Waals surface area contributed by atoms with Gasteiger partial charge in [0.05, 0.1) is 4.90 Å². The van der Waals surface area contributed by atoms with Gasteiger partial charge in [0.1, 0.15) is 0 Å². The van der Waals surface area contributed by atoms with Crippen molar-refractivity contribution < 1.29 is 8.42 Å². The van der Waals surface area contributed by atoms with Crippen molar-refractivity contribution in [3.63, 3.8) is 0 Å². The molecule has 0 unspecified atom stereocenters. The van der Waals surface area contributed by atoms with Gasteiger partial charge in [-0.25, -0.2) is 8.42 Å². The molecule has 0 fully saturated rings. The van der Waals surface area contributed by atoms with E-state index in [2.05, 4.69) is 9.80 Å². The molecule has 1 aromatic rings. The lowest BCUT2D eigenvalue weighted by atomic mass is 10.3. The molecule has 0 aromatic heterocycles. The summed E-state index contributed by atoms with van der Waals surface area (Å²) in [6, 6.07) is 6.38. The average molecular weight is 362 g/mol. The van der Waals surface area contributed by atoms with Crippen LogP contribution in [-0.4, -0.2) is 76.9 Å². The molecule has 0 amide bonds. The lowest BCUT2D eigenvalue weighted by Gasteiger charge is -2.24. The Kier molecular flexibility index (Phi) is 8.50. The molecule has 7 heteroatoms. The summed E-state index contributed by atoms with van der Waals surface area (Å²) in [6.45, 7) is 2.77. The van der Waals surface area contributed by atoms with Crippen LogP contribution in [0.5, 0.6) is 0 Å². The molecule has 0 heterocycles. The monoisotopic (exact) mass is 361 g/mol. The van der Waals surface area contributed by atoms with E-state index in [0.29, 0.717) is 23.0 Å². The molecular formula is C16H28ClN3O2S. The lowest BCUT2D eigenvalue weighted by Crippen LogP contribution is -2.35. The number of benzene rings is 1. The maximum atomic E-state index is 12.9. The third-order valence-electron chi connectivity index (χ3n) is 3.48. The summed E-state index contributed by atoms with van der Waals surface area (Å²) in [4.78, 5) is 4.43. The number of halogens is 1. The first kappa shape index (κ1) is 20.4. The highest BCUT2D eigenvalue weighted by Crippen LogP contribution is 2.19. The predicted molar refractivity (Wildman–Crippen MR) is 96.6 cm³/mol. The maximum absolute atomic E-state index is 12.9. The smallest absolute Gasteiger partial charge is 0.243 e. The molecule has 5 nitrogen and oxygen atoms in total. The van der Waals surface area contributed by atoms with Crippen molar-refractivity contribution in [1.82, 2.24) is 14.1 Å². The predicted octanol–water partition coefficient (Wildman–Crippen LogP) is 2.23. The van der Waals surface area contributed by atoms with Crippen LogP contribution >= 0.6 is 11.6 Å². The van der Waals surface area contributed by atoms with Crippen LogP contribution in [0.25, 0.3) is 0 Å². The minimum absolute atomic E-state index is 0.302. The van der Waals surface area contributed by atoms with Crippen molar-refractivity contribution in [2.75, 3.05) is 54.4 Å². The fraction of sp³-hybridized carbons (Fsp3) is 0.625. The third kappa shape index (κ3) is 7.18. The molecule has 0 N–H and O–H groups in total. The average Bonchev–Trinajstić information content (AvgIpc) is 2.45. The second-order valence-corrected chi connectivity index (χ2v) is 8.55. The summed E-state index contributed by atoms with van der Waals surface area (Å²) < 4.78 is 27.3. The van der Waals surface area contributed by atoms with Gasteiger partial charge in [-0.15, -0.1) is 0 Å². The van der Waals surface area contributed by atoms with Crippen molar-refractivity contribution in [2.45, 2.75) is 17.7 Å². The molecule has 23 heavy (non-hydrogen) atoms. The Balaban J connectivity index is 2.84. The van der Waals surface area contributed by atoms with Crippen molar-refractivity contribution >= 4 is 21.6 Å². The summed E-state index contributed by atoms with van der Waals surface area (Å²) in [5.74, 6) is 0. The Morgan fingerprint density at radius 3 is 1.65 bits per heavy atom. The van der Waals surface area contributed by atoms with Gasteiger partial charge >= 0.3 is 0 Å². The van der Waals surface area contributed by atoms with E-state index in [9.17, 15) is 8.42 Å². The molecule has 0 aliphatic rings. The molecule has 0 saturated carbocycles. The fourth-order valence-corrected chi connectivity index (χ4v) is 3.88. The van der Waals surface area contributed by atoms with E-state index in [1.165, 1.54) is 0 Å². The van der Waals surface area contributed by atoms with Gasteiger partial charge in [-0.1, -0.05) is 11.6 Å². The molecule has 1 aromatic carbocycles. The topological polar surface area (TPSA) is 43.9 Å². The zero-order valence-electron chi connectivity index (χ0n) is 14.5. The van der Waals surface area contributed by atoms with Gasteiger partial charge in [-0.2, -0.15) is 4.31 Å². The highest BCUT2D eigenvalue weighted by atomic mass is 35.5. The first-order valence-corrected chi connectivity index (χ1v) is 9.60. The quantitative estimate of drug-likeness (QED) is 0.641.